The van der Waals surface area contributed by atoms with Crippen LogP contribution in [-0.4, -0.2) is 11.2 Å². The molecular formula is C12H26O. The fraction of sp³-hybridized carbons (Fsp3) is 1.00. The minimum Gasteiger partial charge on any atom is -0.393 e. The summed E-state index contributed by atoms with van der Waals surface area (Å²) in [4.78, 5) is 0. The fourth-order valence-corrected chi connectivity index (χ4v) is 1.40. The predicted molar refractivity (Wildman–Crippen MR) is 58.8 cm³/mol. The highest BCUT2D eigenvalue weighted by molar-refractivity contribution is 4.60. The maximum atomic E-state index is 9.28. The van der Waals surface area contributed by atoms with Gasteiger partial charge in [0, 0.05) is 0 Å². The average Bonchev–Trinajstić information content (AvgIpc) is 2.11. The lowest BCUT2D eigenvalue weighted by atomic mass is 9.95. The summed E-state index contributed by atoms with van der Waals surface area (Å²) in [7, 11) is 0. The topological polar surface area (TPSA) is 20.2 Å². The van der Waals surface area contributed by atoms with Crippen LogP contribution in [0.1, 0.15) is 59.8 Å². The Labute approximate surface area is 83.5 Å². The van der Waals surface area contributed by atoms with E-state index in [-0.39, 0.29) is 6.10 Å². The Balaban J connectivity index is 3.25. The lowest BCUT2D eigenvalue weighted by Crippen LogP contribution is -2.12. The van der Waals surface area contributed by atoms with Crippen molar-refractivity contribution in [2.24, 2.45) is 11.8 Å². The molecule has 0 saturated carbocycles. The molecule has 1 heteroatoms. The molecule has 0 aliphatic carbocycles. The van der Waals surface area contributed by atoms with Crippen molar-refractivity contribution in [1.82, 2.24) is 0 Å². The SMILES string of the molecule is CCC(C)CCCCC(C)C(C)O. The molecule has 0 rings (SSSR count). The molecule has 0 heterocycles. The Morgan fingerprint density at radius 2 is 1.54 bits per heavy atom. The van der Waals surface area contributed by atoms with Crippen molar-refractivity contribution < 1.29 is 5.11 Å². The van der Waals surface area contributed by atoms with Crippen LogP contribution in [0.5, 0.6) is 0 Å². The number of aliphatic hydroxyl groups excluding tert-OH is 1. The summed E-state index contributed by atoms with van der Waals surface area (Å²) in [5.74, 6) is 1.35. The Bertz CT molecular complexity index is 110. The molecule has 0 aromatic rings. The van der Waals surface area contributed by atoms with Gasteiger partial charge in [0.05, 0.1) is 6.10 Å². The molecule has 0 amide bonds. The summed E-state index contributed by atoms with van der Waals surface area (Å²) < 4.78 is 0. The van der Waals surface area contributed by atoms with Gasteiger partial charge in [-0.25, -0.2) is 0 Å². The van der Waals surface area contributed by atoms with E-state index in [0.717, 1.165) is 5.92 Å². The number of hydrogen-bond donors (Lipinski definition) is 1. The van der Waals surface area contributed by atoms with E-state index >= 15 is 0 Å². The van der Waals surface area contributed by atoms with Gasteiger partial charge in [-0.15, -0.1) is 0 Å². The molecule has 0 aliphatic rings. The molecule has 0 aliphatic heterocycles. The minimum absolute atomic E-state index is 0.136. The number of rotatable bonds is 7. The Morgan fingerprint density at radius 1 is 1.00 bits per heavy atom. The van der Waals surface area contributed by atoms with Crippen molar-refractivity contribution in [2.75, 3.05) is 0 Å². The van der Waals surface area contributed by atoms with Gasteiger partial charge in [-0.1, -0.05) is 46.5 Å². The maximum absolute atomic E-state index is 9.28. The monoisotopic (exact) mass is 186 g/mol. The van der Waals surface area contributed by atoms with E-state index in [2.05, 4.69) is 20.8 Å². The highest BCUT2D eigenvalue weighted by Gasteiger charge is 2.08. The third kappa shape index (κ3) is 7.06. The Kier molecular flexibility index (Phi) is 7.35. The maximum Gasteiger partial charge on any atom is 0.0537 e. The van der Waals surface area contributed by atoms with Crippen molar-refractivity contribution in [2.45, 2.75) is 65.9 Å². The Morgan fingerprint density at radius 3 is 2.00 bits per heavy atom. The summed E-state index contributed by atoms with van der Waals surface area (Å²) in [6.45, 7) is 8.59. The number of aliphatic hydroxyl groups is 1. The second-order valence-corrected chi connectivity index (χ2v) is 4.52. The lowest BCUT2D eigenvalue weighted by molar-refractivity contribution is 0.128. The van der Waals surface area contributed by atoms with Crippen LogP contribution in [0.25, 0.3) is 0 Å². The van der Waals surface area contributed by atoms with E-state index in [9.17, 15) is 5.11 Å². The molecule has 1 nitrogen and oxygen atoms in total. The molecule has 0 spiro atoms. The molecular weight excluding hydrogens is 160 g/mol. The van der Waals surface area contributed by atoms with Gasteiger partial charge in [-0.2, -0.15) is 0 Å². The van der Waals surface area contributed by atoms with Crippen molar-refractivity contribution >= 4 is 0 Å². The van der Waals surface area contributed by atoms with Gasteiger partial charge in [0.15, 0.2) is 0 Å². The smallest absolute Gasteiger partial charge is 0.0537 e. The first-order chi connectivity index (χ1) is 6.07. The van der Waals surface area contributed by atoms with E-state index in [1.165, 1.54) is 32.1 Å². The largest absolute Gasteiger partial charge is 0.393 e. The van der Waals surface area contributed by atoms with E-state index in [0.29, 0.717) is 5.92 Å². The highest BCUT2D eigenvalue weighted by Crippen LogP contribution is 2.16. The molecule has 0 bridgehead atoms. The molecule has 0 radical (unpaired) electrons. The second kappa shape index (κ2) is 7.37. The van der Waals surface area contributed by atoms with Gasteiger partial charge in [0.2, 0.25) is 0 Å². The van der Waals surface area contributed by atoms with Crippen molar-refractivity contribution in [3.8, 4) is 0 Å². The van der Waals surface area contributed by atoms with Crippen LogP contribution < -0.4 is 0 Å². The minimum atomic E-state index is -0.136. The molecule has 3 unspecified atom stereocenters. The van der Waals surface area contributed by atoms with E-state index in [1.807, 2.05) is 6.92 Å². The summed E-state index contributed by atoms with van der Waals surface area (Å²) in [5.41, 5.74) is 0. The Hall–Kier alpha value is -0.0400. The summed E-state index contributed by atoms with van der Waals surface area (Å²) in [6.07, 6.45) is 6.29. The van der Waals surface area contributed by atoms with E-state index in [1.54, 1.807) is 0 Å². The van der Waals surface area contributed by atoms with Crippen LogP contribution in [0.4, 0.5) is 0 Å². The third-order valence-electron chi connectivity index (χ3n) is 3.13. The van der Waals surface area contributed by atoms with Crippen LogP contribution in [0, 0.1) is 11.8 Å². The zero-order valence-electron chi connectivity index (χ0n) is 9.71. The fourth-order valence-electron chi connectivity index (χ4n) is 1.40. The van der Waals surface area contributed by atoms with Crippen LogP contribution in [-0.2, 0) is 0 Å². The van der Waals surface area contributed by atoms with Gasteiger partial charge in [-0.05, 0) is 25.2 Å². The second-order valence-electron chi connectivity index (χ2n) is 4.52. The van der Waals surface area contributed by atoms with E-state index in [4.69, 9.17) is 0 Å². The van der Waals surface area contributed by atoms with Gasteiger partial charge >= 0.3 is 0 Å². The lowest BCUT2D eigenvalue weighted by Gasteiger charge is -2.14. The molecule has 0 fully saturated rings. The van der Waals surface area contributed by atoms with Crippen molar-refractivity contribution in [3.05, 3.63) is 0 Å². The first-order valence-corrected chi connectivity index (χ1v) is 5.76. The predicted octanol–water partition coefficient (Wildman–Crippen LogP) is 3.61. The van der Waals surface area contributed by atoms with Crippen molar-refractivity contribution in [3.63, 3.8) is 0 Å². The van der Waals surface area contributed by atoms with E-state index < -0.39 is 0 Å². The summed E-state index contributed by atoms with van der Waals surface area (Å²) in [5, 5.41) is 9.28. The van der Waals surface area contributed by atoms with Crippen LogP contribution in [0.15, 0.2) is 0 Å². The first-order valence-electron chi connectivity index (χ1n) is 5.76. The quantitative estimate of drug-likeness (QED) is 0.602. The standard InChI is InChI=1S/C12H26O/c1-5-10(2)8-6-7-9-11(3)12(4)13/h10-13H,5-9H2,1-4H3. The average molecular weight is 186 g/mol. The molecule has 13 heavy (non-hydrogen) atoms. The van der Waals surface area contributed by atoms with Gasteiger partial charge in [-0.3, -0.25) is 0 Å². The molecule has 1 N–H and O–H groups in total. The number of unbranched alkanes of at least 4 members (excludes halogenated alkanes) is 1. The summed E-state index contributed by atoms with van der Waals surface area (Å²) in [6, 6.07) is 0. The first kappa shape index (κ1) is 13.0. The van der Waals surface area contributed by atoms with Gasteiger partial charge in [0.1, 0.15) is 0 Å². The van der Waals surface area contributed by atoms with Gasteiger partial charge < -0.3 is 5.11 Å². The van der Waals surface area contributed by atoms with Crippen molar-refractivity contribution in [1.29, 1.82) is 0 Å². The molecule has 3 atom stereocenters. The molecule has 0 aromatic heterocycles. The van der Waals surface area contributed by atoms with Crippen LogP contribution in [0.2, 0.25) is 0 Å². The molecule has 0 saturated heterocycles. The number of hydrogen-bond acceptors (Lipinski definition) is 1. The highest BCUT2D eigenvalue weighted by atomic mass is 16.3. The van der Waals surface area contributed by atoms with Gasteiger partial charge in [0.25, 0.3) is 0 Å². The third-order valence-corrected chi connectivity index (χ3v) is 3.13. The molecule has 80 valence electrons. The zero-order valence-corrected chi connectivity index (χ0v) is 9.71. The summed E-state index contributed by atoms with van der Waals surface area (Å²) >= 11 is 0. The zero-order chi connectivity index (χ0) is 10.3. The van der Waals surface area contributed by atoms with Crippen LogP contribution >= 0.6 is 0 Å². The van der Waals surface area contributed by atoms with Crippen LogP contribution in [0.3, 0.4) is 0 Å². The normalized spacial score (nSPS) is 18.2. The molecule has 0 aromatic carbocycles.